The number of amides is 1. The van der Waals surface area contributed by atoms with Gasteiger partial charge in [0.2, 0.25) is 11.7 Å². The highest BCUT2D eigenvalue weighted by Crippen LogP contribution is 2.30. The van der Waals surface area contributed by atoms with Crippen LogP contribution in [0, 0.1) is 0 Å². The van der Waals surface area contributed by atoms with E-state index in [1.54, 1.807) is 23.1 Å². The van der Waals surface area contributed by atoms with Crippen molar-refractivity contribution >= 4 is 29.1 Å². The van der Waals surface area contributed by atoms with Crippen LogP contribution >= 0.6 is 23.2 Å². The first kappa shape index (κ1) is 16.1. The van der Waals surface area contributed by atoms with E-state index < -0.39 is 0 Å². The fourth-order valence-corrected chi connectivity index (χ4v) is 3.23. The summed E-state index contributed by atoms with van der Waals surface area (Å²) in [5.41, 5.74) is 1.35. The number of nitrogens with zero attached hydrogens (tertiary/aromatic N) is 3. The zero-order chi connectivity index (χ0) is 17.4. The van der Waals surface area contributed by atoms with Gasteiger partial charge in [-0.1, -0.05) is 58.7 Å². The summed E-state index contributed by atoms with van der Waals surface area (Å²) < 4.78 is 5.35. The molecular weight excluding hydrogens is 361 g/mol. The smallest absolute Gasteiger partial charge is 0.255 e. The Morgan fingerprint density at radius 3 is 2.60 bits per heavy atom. The van der Waals surface area contributed by atoms with Crippen molar-refractivity contribution in [2.75, 3.05) is 13.1 Å². The second-order valence-electron chi connectivity index (χ2n) is 5.85. The number of rotatable bonds is 3. The summed E-state index contributed by atoms with van der Waals surface area (Å²) in [6.45, 7) is 1.04. The molecular formula is C18H13Cl2N3O2. The molecule has 2 aromatic carbocycles. The molecule has 1 aliphatic heterocycles. The first-order valence-electron chi connectivity index (χ1n) is 7.75. The van der Waals surface area contributed by atoms with E-state index in [1.165, 1.54) is 0 Å². The van der Waals surface area contributed by atoms with Gasteiger partial charge in [-0.25, -0.2) is 0 Å². The van der Waals surface area contributed by atoms with Crippen LogP contribution in [0.1, 0.15) is 22.2 Å². The average molecular weight is 374 g/mol. The molecule has 4 rings (SSSR count). The summed E-state index contributed by atoms with van der Waals surface area (Å²) in [6, 6.07) is 14.5. The minimum Gasteiger partial charge on any atom is -0.339 e. The maximum absolute atomic E-state index is 12.5. The van der Waals surface area contributed by atoms with Crippen LogP contribution < -0.4 is 0 Å². The van der Waals surface area contributed by atoms with Crippen molar-refractivity contribution in [3.8, 4) is 11.4 Å². The van der Waals surface area contributed by atoms with Gasteiger partial charge in [-0.3, -0.25) is 4.79 Å². The Bertz CT molecular complexity index is 921. The molecule has 5 nitrogen and oxygen atoms in total. The Hall–Kier alpha value is -2.37. The van der Waals surface area contributed by atoms with Crippen molar-refractivity contribution in [1.82, 2.24) is 15.0 Å². The molecule has 1 aliphatic rings. The summed E-state index contributed by atoms with van der Waals surface area (Å²) in [6.07, 6.45) is 0. The molecule has 0 aliphatic carbocycles. The third-order valence-electron chi connectivity index (χ3n) is 4.15. The summed E-state index contributed by atoms with van der Waals surface area (Å²) in [4.78, 5) is 18.6. The molecule has 0 N–H and O–H groups in total. The van der Waals surface area contributed by atoms with Gasteiger partial charge in [-0.15, -0.1) is 0 Å². The van der Waals surface area contributed by atoms with Gasteiger partial charge in [0.1, 0.15) is 0 Å². The second-order valence-corrected chi connectivity index (χ2v) is 6.70. The lowest BCUT2D eigenvalue weighted by Crippen LogP contribution is -2.48. The Kier molecular flexibility index (Phi) is 4.19. The number of hydrogen-bond acceptors (Lipinski definition) is 4. The van der Waals surface area contributed by atoms with Crippen LogP contribution in [0.3, 0.4) is 0 Å². The van der Waals surface area contributed by atoms with Crippen molar-refractivity contribution in [3.05, 3.63) is 70.0 Å². The number of likely N-dealkylation sites (tertiary alicyclic amines) is 1. The number of carbonyl (C=O) groups excluding carboxylic acids is 1. The number of hydrogen-bond donors (Lipinski definition) is 0. The van der Waals surface area contributed by atoms with E-state index in [0.717, 1.165) is 5.56 Å². The highest BCUT2D eigenvalue weighted by atomic mass is 35.5. The molecule has 0 spiro atoms. The number of carbonyl (C=O) groups is 1. The SMILES string of the molecule is O=C(c1ccc(Cl)cc1Cl)N1CC(c2nc(-c3ccccc3)no2)C1. The Labute approximate surface area is 154 Å². The second kappa shape index (κ2) is 6.50. The summed E-state index contributed by atoms with van der Waals surface area (Å²) in [5, 5.41) is 4.87. The molecule has 7 heteroatoms. The number of halogens is 2. The molecule has 25 heavy (non-hydrogen) atoms. The van der Waals surface area contributed by atoms with Crippen LogP contribution in [0.25, 0.3) is 11.4 Å². The van der Waals surface area contributed by atoms with Gasteiger partial charge in [0.15, 0.2) is 0 Å². The highest BCUT2D eigenvalue weighted by molar-refractivity contribution is 6.36. The van der Waals surface area contributed by atoms with Gasteiger partial charge in [-0.2, -0.15) is 4.98 Å². The number of aromatic nitrogens is 2. The molecule has 1 aromatic heterocycles. The van der Waals surface area contributed by atoms with Crippen LogP contribution in [0.15, 0.2) is 53.1 Å². The minimum absolute atomic E-state index is 0.0417. The van der Waals surface area contributed by atoms with E-state index in [2.05, 4.69) is 10.1 Å². The summed E-state index contributed by atoms with van der Waals surface area (Å²) >= 11 is 12.0. The molecule has 0 bridgehead atoms. The Morgan fingerprint density at radius 2 is 1.88 bits per heavy atom. The zero-order valence-corrected chi connectivity index (χ0v) is 14.5. The largest absolute Gasteiger partial charge is 0.339 e. The molecule has 0 saturated carbocycles. The summed E-state index contributed by atoms with van der Waals surface area (Å²) in [5.74, 6) is 1.02. The quantitative estimate of drug-likeness (QED) is 0.687. The van der Waals surface area contributed by atoms with Crippen molar-refractivity contribution in [3.63, 3.8) is 0 Å². The van der Waals surface area contributed by atoms with E-state index in [9.17, 15) is 4.79 Å². The van der Waals surface area contributed by atoms with Crippen molar-refractivity contribution in [2.24, 2.45) is 0 Å². The van der Waals surface area contributed by atoms with Crippen LogP contribution in [0.2, 0.25) is 10.0 Å². The molecule has 0 atom stereocenters. The van der Waals surface area contributed by atoms with Gasteiger partial charge < -0.3 is 9.42 Å². The predicted molar refractivity (Wildman–Crippen MR) is 94.8 cm³/mol. The average Bonchev–Trinajstić information content (AvgIpc) is 3.04. The van der Waals surface area contributed by atoms with Crippen molar-refractivity contribution in [1.29, 1.82) is 0 Å². The fraction of sp³-hybridized carbons (Fsp3) is 0.167. The van der Waals surface area contributed by atoms with Crippen LogP contribution in [-0.2, 0) is 0 Å². The first-order chi connectivity index (χ1) is 12.1. The number of benzene rings is 2. The first-order valence-corrected chi connectivity index (χ1v) is 8.51. The minimum atomic E-state index is -0.124. The Morgan fingerprint density at radius 1 is 1.12 bits per heavy atom. The monoisotopic (exact) mass is 373 g/mol. The third-order valence-corrected chi connectivity index (χ3v) is 4.70. The molecule has 1 amide bonds. The van der Waals surface area contributed by atoms with Gasteiger partial charge in [0, 0.05) is 23.7 Å². The molecule has 0 unspecified atom stereocenters. The van der Waals surface area contributed by atoms with E-state index in [1.807, 2.05) is 30.3 Å². The fourth-order valence-electron chi connectivity index (χ4n) is 2.74. The van der Waals surface area contributed by atoms with E-state index in [-0.39, 0.29) is 11.8 Å². The van der Waals surface area contributed by atoms with Crippen LogP contribution in [-0.4, -0.2) is 34.0 Å². The predicted octanol–water partition coefficient (Wildman–Crippen LogP) is 4.28. The molecule has 0 radical (unpaired) electrons. The maximum Gasteiger partial charge on any atom is 0.255 e. The van der Waals surface area contributed by atoms with Gasteiger partial charge in [0.25, 0.3) is 5.91 Å². The maximum atomic E-state index is 12.5. The Balaban J connectivity index is 1.44. The van der Waals surface area contributed by atoms with Gasteiger partial charge in [-0.05, 0) is 18.2 Å². The molecule has 3 aromatic rings. The van der Waals surface area contributed by atoms with E-state index in [4.69, 9.17) is 27.7 Å². The normalized spacial score (nSPS) is 14.4. The van der Waals surface area contributed by atoms with Crippen molar-refractivity contribution in [2.45, 2.75) is 5.92 Å². The summed E-state index contributed by atoms with van der Waals surface area (Å²) in [7, 11) is 0. The lowest BCUT2D eigenvalue weighted by Gasteiger charge is -2.37. The third kappa shape index (κ3) is 3.13. The van der Waals surface area contributed by atoms with E-state index in [0.29, 0.717) is 40.4 Å². The van der Waals surface area contributed by atoms with Crippen molar-refractivity contribution < 1.29 is 9.32 Å². The standard InChI is InChI=1S/C18H13Cl2N3O2/c19-13-6-7-14(15(20)8-13)18(24)23-9-12(10-23)17-21-16(22-25-17)11-4-2-1-3-5-11/h1-8,12H,9-10H2. The van der Waals surface area contributed by atoms with E-state index >= 15 is 0 Å². The lowest BCUT2D eigenvalue weighted by atomic mass is 9.98. The highest BCUT2D eigenvalue weighted by Gasteiger charge is 2.36. The molecule has 1 saturated heterocycles. The van der Waals surface area contributed by atoms with Gasteiger partial charge in [0.05, 0.1) is 16.5 Å². The van der Waals surface area contributed by atoms with Crippen LogP contribution in [0.4, 0.5) is 0 Å². The zero-order valence-electron chi connectivity index (χ0n) is 13.0. The molecule has 2 heterocycles. The molecule has 1 fully saturated rings. The lowest BCUT2D eigenvalue weighted by molar-refractivity contribution is 0.0569. The topological polar surface area (TPSA) is 59.2 Å². The van der Waals surface area contributed by atoms with Crippen LogP contribution in [0.5, 0.6) is 0 Å². The van der Waals surface area contributed by atoms with Gasteiger partial charge >= 0.3 is 0 Å². The molecule has 126 valence electrons.